The zero-order valence-electron chi connectivity index (χ0n) is 13.3. The molecular formula is C14H20F2N4O4. The molecule has 1 aromatic rings. The van der Waals surface area contributed by atoms with Gasteiger partial charge in [0.15, 0.2) is 0 Å². The highest BCUT2D eigenvalue weighted by Gasteiger charge is 2.51. The normalized spacial score (nSPS) is 24.1. The first-order valence-corrected chi connectivity index (χ1v) is 7.45. The Balaban J connectivity index is 2.19. The molecular weight excluding hydrogens is 326 g/mol. The van der Waals surface area contributed by atoms with Crippen molar-refractivity contribution in [1.82, 2.24) is 9.55 Å². The number of hydrogen-bond acceptors (Lipinski definition) is 6. The molecule has 0 aromatic carbocycles. The molecule has 8 nitrogen and oxygen atoms in total. The van der Waals surface area contributed by atoms with E-state index >= 15 is 0 Å². The van der Waals surface area contributed by atoms with Crippen molar-refractivity contribution in [3.63, 3.8) is 0 Å². The number of hydrogen-bond donors (Lipinski definition) is 3. The summed E-state index contributed by atoms with van der Waals surface area (Å²) in [6.45, 7) is 2.94. The van der Waals surface area contributed by atoms with Gasteiger partial charge in [0.1, 0.15) is 5.82 Å². The van der Waals surface area contributed by atoms with Crippen LogP contribution in [0.5, 0.6) is 0 Å². The van der Waals surface area contributed by atoms with Crippen molar-refractivity contribution in [1.29, 1.82) is 0 Å². The van der Waals surface area contributed by atoms with Crippen molar-refractivity contribution in [2.45, 2.75) is 44.6 Å². The molecule has 2 heterocycles. The van der Waals surface area contributed by atoms with Gasteiger partial charge in [0.25, 0.3) is 5.92 Å². The van der Waals surface area contributed by atoms with Gasteiger partial charge in [-0.25, -0.2) is 13.6 Å². The van der Waals surface area contributed by atoms with Crippen molar-refractivity contribution in [2.75, 3.05) is 11.9 Å². The maximum Gasteiger partial charge on any atom is 0.351 e. The summed E-state index contributed by atoms with van der Waals surface area (Å²) < 4.78 is 33.4. The molecule has 3 atom stereocenters. The molecule has 24 heavy (non-hydrogen) atoms. The van der Waals surface area contributed by atoms with Crippen LogP contribution in [0.3, 0.4) is 0 Å². The van der Waals surface area contributed by atoms with Crippen LogP contribution in [0.2, 0.25) is 0 Å². The minimum absolute atomic E-state index is 0.0858. The molecule has 1 saturated heterocycles. The molecule has 0 aliphatic carbocycles. The smallest absolute Gasteiger partial charge is 0.351 e. The van der Waals surface area contributed by atoms with E-state index in [0.717, 1.165) is 6.20 Å². The van der Waals surface area contributed by atoms with E-state index in [-0.39, 0.29) is 11.7 Å². The number of halogens is 2. The molecule has 2 rings (SSSR count). The fourth-order valence-electron chi connectivity index (χ4n) is 2.28. The maximum atomic E-state index is 13.9. The number of carbonyl (C=O) groups is 1. The summed E-state index contributed by atoms with van der Waals surface area (Å²) in [6, 6.07) is 0.417. The summed E-state index contributed by atoms with van der Waals surface area (Å²) in [7, 11) is 0. The second-order valence-electron chi connectivity index (χ2n) is 6.02. The fraction of sp³-hybridized carbons (Fsp3) is 0.643. The van der Waals surface area contributed by atoms with E-state index in [4.69, 9.17) is 15.6 Å². The highest BCUT2D eigenvalue weighted by Crippen LogP contribution is 2.41. The lowest BCUT2D eigenvalue weighted by Crippen LogP contribution is -2.40. The zero-order chi connectivity index (χ0) is 18.1. The number of nitrogens with zero attached hydrogens (tertiary/aromatic N) is 2. The van der Waals surface area contributed by atoms with E-state index in [1.807, 2.05) is 0 Å². The summed E-state index contributed by atoms with van der Waals surface area (Å²) in [5.41, 5.74) is 4.67. The Morgan fingerprint density at radius 3 is 2.79 bits per heavy atom. The number of nitrogens with two attached hydrogens (primary N) is 1. The first-order chi connectivity index (χ1) is 11.2. The number of nitrogens with one attached hydrogen (secondary N) is 1. The van der Waals surface area contributed by atoms with Crippen LogP contribution in [0.1, 0.15) is 26.5 Å². The third-order valence-corrected chi connectivity index (χ3v) is 3.74. The number of anilines is 1. The van der Waals surface area contributed by atoms with E-state index in [0.29, 0.717) is 4.57 Å². The monoisotopic (exact) mass is 346 g/mol. The SMILES string of the molecule is CC(C)C(N)C(=O)Nc1ccn([C@@H]2O[C@@H](CO)CC2(F)F)c(=O)n1. The highest BCUT2D eigenvalue weighted by molar-refractivity contribution is 5.93. The van der Waals surface area contributed by atoms with E-state index < -0.39 is 48.9 Å². The minimum atomic E-state index is -3.32. The highest BCUT2D eigenvalue weighted by atomic mass is 19.3. The van der Waals surface area contributed by atoms with Crippen LogP contribution in [-0.2, 0) is 9.53 Å². The molecule has 0 saturated carbocycles. The number of ether oxygens (including phenoxy) is 1. The van der Waals surface area contributed by atoms with Crippen LogP contribution in [0.4, 0.5) is 14.6 Å². The Labute approximate surface area is 136 Å². The molecule has 10 heteroatoms. The molecule has 1 aliphatic heterocycles. The molecule has 4 N–H and O–H groups in total. The van der Waals surface area contributed by atoms with Crippen molar-refractivity contribution in [3.8, 4) is 0 Å². The first-order valence-electron chi connectivity index (χ1n) is 7.45. The lowest BCUT2D eigenvalue weighted by Gasteiger charge is -2.20. The predicted octanol–water partition coefficient (Wildman–Crippen LogP) is 0.0802. The van der Waals surface area contributed by atoms with Gasteiger partial charge in [-0.2, -0.15) is 4.98 Å². The Kier molecular flexibility index (Phi) is 5.31. The van der Waals surface area contributed by atoms with Crippen LogP contribution in [-0.4, -0.2) is 45.2 Å². The van der Waals surface area contributed by atoms with Crippen LogP contribution < -0.4 is 16.7 Å². The van der Waals surface area contributed by atoms with Gasteiger partial charge in [-0.3, -0.25) is 9.36 Å². The van der Waals surface area contributed by atoms with Crippen LogP contribution in [0.15, 0.2) is 17.1 Å². The van der Waals surface area contributed by atoms with Gasteiger partial charge >= 0.3 is 5.69 Å². The van der Waals surface area contributed by atoms with Crippen LogP contribution in [0, 0.1) is 5.92 Å². The average Bonchev–Trinajstić information content (AvgIpc) is 2.81. The lowest BCUT2D eigenvalue weighted by molar-refractivity contribution is -0.120. The summed E-state index contributed by atoms with van der Waals surface area (Å²) in [4.78, 5) is 27.4. The number of alkyl halides is 2. The third-order valence-electron chi connectivity index (χ3n) is 3.74. The van der Waals surface area contributed by atoms with Crippen molar-refractivity contribution in [2.24, 2.45) is 11.7 Å². The van der Waals surface area contributed by atoms with E-state index in [9.17, 15) is 18.4 Å². The molecule has 1 aromatic heterocycles. The maximum absolute atomic E-state index is 13.9. The number of aromatic nitrogens is 2. The summed E-state index contributed by atoms with van der Waals surface area (Å²) in [5, 5.41) is 11.3. The van der Waals surface area contributed by atoms with E-state index in [2.05, 4.69) is 10.3 Å². The predicted molar refractivity (Wildman–Crippen MR) is 80.5 cm³/mol. The van der Waals surface area contributed by atoms with Crippen LogP contribution >= 0.6 is 0 Å². The number of aliphatic hydroxyl groups is 1. The van der Waals surface area contributed by atoms with Gasteiger partial charge in [0, 0.05) is 12.6 Å². The number of aliphatic hydroxyl groups excluding tert-OH is 1. The quantitative estimate of drug-likeness (QED) is 0.695. The van der Waals surface area contributed by atoms with E-state index in [1.165, 1.54) is 6.07 Å². The van der Waals surface area contributed by atoms with Gasteiger partial charge in [-0.1, -0.05) is 13.8 Å². The van der Waals surface area contributed by atoms with Gasteiger partial charge < -0.3 is 20.9 Å². The van der Waals surface area contributed by atoms with Crippen molar-refractivity contribution >= 4 is 11.7 Å². The summed E-state index contributed by atoms with van der Waals surface area (Å²) >= 11 is 0. The fourth-order valence-corrected chi connectivity index (χ4v) is 2.28. The number of rotatable bonds is 5. The molecule has 0 spiro atoms. The summed E-state index contributed by atoms with van der Waals surface area (Å²) in [6.07, 6.45) is -2.54. The largest absolute Gasteiger partial charge is 0.394 e. The average molecular weight is 346 g/mol. The molecule has 1 amide bonds. The van der Waals surface area contributed by atoms with Crippen molar-refractivity contribution < 1.29 is 23.4 Å². The standard InChI is InChI=1S/C14H20F2N4O4/c1-7(2)10(17)11(22)18-9-3-4-20(13(23)19-9)12-14(15,16)5-8(6-21)24-12/h3-4,7-8,10,12,21H,5-6,17H2,1-2H3,(H,18,19,22,23)/t8-,10?,12-/m1/s1. The van der Waals surface area contributed by atoms with E-state index in [1.54, 1.807) is 13.8 Å². The second-order valence-corrected chi connectivity index (χ2v) is 6.02. The molecule has 1 aliphatic rings. The molecule has 0 bridgehead atoms. The van der Waals surface area contributed by atoms with Gasteiger partial charge in [0.05, 0.1) is 18.8 Å². The van der Waals surface area contributed by atoms with Gasteiger partial charge in [0.2, 0.25) is 12.1 Å². The number of carbonyl (C=O) groups excluding carboxylic acids is 1. The number of amides is 1. The Bertz CT molecular complexity index is 664. The third kappa shape index (κ3) is 3.77. The Hall–Kier alpha value is -1.91. The topological polar surface area (TPSA) is 119 Å². The molecule has 1 fully saturated rings. The van der Waals surface area contributed by atoms with Crippen molar-refractivity contribution in [3.05, 3.63) is 22.7 Å². The lowest BCUT2D eigenvalue weighted by atomic mass is 10.1. The Morgan fingerprint density at radius 1 is 1.62 bits per heavy atom. The van der Waals surface area contributed by atoms with Gasteiger partial charge in [-0.05, 0) is 12.0 Å². The Morgan fingerprint density at radius 2 is 2.29 bits per heavy atom. The van der Waals surface area contributed by atoms with Crippen LogP contribution in [0.25, 0.3) is 0 Å². The molecule has 1 unspecified atom stereocenters. The molecule has 134 valence electrons. The first kappa shape index (κ1) is 18.4. The molecule has 0 radical (unpaired) electrons. The summed E-state index contributed by atoms with van der Waals surface area (Å²) in [5.74, 6) is -4.05. The van der Waals surface area contributed by atoms with Gasteiger partial charge in [-0.15, -0.1) is 0 Å². The second kappa shape index (κ2) is 6.91. The zero-order valence-corrected chi connectivity index (χ0v) is 13.3. The minimum Gasteiger partial charge on any atom is -0.394 e.